The van der Waals surface area contributed by atoms with Crippen LogP contribution in [0.2, 0.25) is 0 Å². The number of hydrogen-bond donors (Lipinski definition) is 0. The van der Waals surface area contributed by atoms with E-state index in [1.807, 2.05) is 0 Å². The van der Waals surface area contributed by atoms with Crippen molar-refractivity contribution in [3.63, 3.8) is 0 Å². The zero-order chi connectivity index (χ0) is 13.2. The van der Waals surface area contributed by atoms with Gasteiger partial charge >= 0.3 is 0 Å². The van der Waals surface area contributed by atoms with Crippen LogP contribution < -0.4 is 0 Å². The highest BCUT2D eigenvalue weighted by molar-refractivity contribution is 5.37. The molecular weight excluding hydrogens is 230 g/mol. The summed E-state index contributed by atoms with van der Waals surface area (Å²) in [6, 6.07) is 10.8. The number of benzene rings is 1. The highest BCUT2D eigenvalue weighted by Crippen LogP contribution is 2.35. The molecule has 0 N–H and O–H groups in total. The summed E-state index contributed by atoms with van der Waals surface area (Å²) in [6.45, 7) is 5.69. The molecule has 0 radical (unpaired) electrons. The monoisotopic (exact) mass is 253 g/mol. The van der Waals surface area contributed by atoms with Crippen LogP contribution in [0.4, 0.5) is 0 Å². The number of aromatic nitrogens is 1. The van der Waals surface area contributed by atoms with E-state index < -0.39 is 0 Å². The lowest BCUT2D eigenvalue weighted by Crippen LogP contribution is -2.12. The van der Waals surface area contributed by atoms with Gasteiger partial charge in [0.1, 0.15) is 0 Å². The molecule has 1 heterocycles. The minimum Gasteiger partial charge on any atom is -0.346 e. The number of fused-ring (bicyclic) bond motifs is 1. The van der Waals surface area contributed by atoms with Crippen LogP contribution in [0.5, 0.6) is 0 Å². The van der Waals surface area contributed by atoms with Gasteiger partial charge in [0.15, 0.2) is 0 Å². The minimum absolute atomic E-state index is 0.716. The predicted molar refractivity (Wildman–Crippen MR) is 80.7 cm³/mol. The van der Waals surface area contributed by atoms with Gasteiger partial charge in [0, 0.05) is 18.4 Å². The SMILES string of the molecule is CCc1cn(Cc2ccccc2)c2c1CCCC2C. The van der Waals surface area contributed by atoms with E-state index in [4.69, 9.17) is 0 Å². The highest BCUT2D eigenvalue weighted by Gasteiger charge is 2.23. The molecule has 1 nitrogen and oxygen atoms in total. The molecule has 3 rings (SSSR count). The van der Waals surface area contributed by atoms with Crippen LogP contribution >= 0.6 is 0 Å². The summed E-state index contributed by atoms with van der Waals surface area (Å²) in [4.78, 5) is 0. The van der Waals surface area contributed by atoms with Gasteiger partial charge in [-0.3, -0.25) is 0 Å². The lowest BCUT2D eigenvalue weighted by Gasteiger charge is -2.22. The summed E-state index contributed by atoms with van der Waals surface area (Å²) in [5, 5.41) is 0. The second-order valence-electron chi connectivity index (χ2n) is 5.78. The van der Waals surface area contributed by atoms with E-state index in [2.05, 4.69) is 54.9 Å². The third kappa shape index (κ3) is 2.34. The van der Waals surface area contributed by atoms with E-state index >= 15 is 0 Å². The standard InChI is InChI=1S/C18H23N/c1-3-16-13-19(12-15-9-5-4-6-10-15)18-14(2)8-7-11-17(16)18/h4-6,9-10,13-14H,3,7-8,11-12H2,1-2H3. The first-order chi connectivity index (χ1) is 9.29. The normalized spacial score (nSPS) is 18.3. The molecule has 1 unspecified atom stereocenters. The summed E-state index contributed by atoms with van der Waals surface area (Å²) in [5.74, 6) is 0.716. The molecule has 0 bridgehead atoms. The van der Waals surface area contributed by atoms with Crippen molar-refractivity contribution in [3.8, 4) is 0 Å². The molecule has 1 aliphatic carbocycles. The lowest BCUT2D eigenvalue weighted by atomic mass is 9.87. The first-order valence-electron chi connectivity index (χ1n) is 7.54. The minimum atomic E-state index is 0.716. The first kappa shape index (κ1) is 12.5. The van der Waals surface area contributed by atoms with E-state index in [1.54, 1.807) is 16.8 Å². The molecule has 1 aromatic carbocycles. The average molecular weight is 253 g/mol. The van der Waals surface area contributed by atoms with E-state index in [0.29, 0.717) is 5.92 Å². The molecule has 0 saturated heterocycles. The van der Waals surface area contributed by atoms with Crippen LogP contribution in [0, 0.1) is 0 Å². The van der Waals surface area contributed by atoms with Gasteiger partial charge in [-0.15, -0.1) is 0 Å². The molecule has 0 fully saturated rings. The largest absolute Gasteiger partial charge is 0.346 e. The molecule has 100 valence electrons. The highest BCUT2D eigenvalue weighted by atomic mass is 15.0. The maximum Gasteiger partial charge on any atom is 0.0473 e. The molecular formula is C18H23N. The Balaban J connectivity index is 1.99. The van der Waals surface area contributed by atoms with E-state index in [0.717, 1.165) is 13.0 Å². The zero-order valence-electron chi connectivity index (χ0n) is 12.0. The van der Waals surface area contributed by atoms with Gasteiger partial charge in [0.2, 0.25) is 0 Å². The van der Waals surface area contributed by atoms with Crippen LogP contribution in [-0.2, 0) is 19.4 Å². The smallest absolute Gasteiger partial charge is 0.0473 e. The number of rotatable bonds is 3. The van der Waals surface area contributed by atoms with Crippen molar-refractivity contribution in [1.29, 1.82) is 0 Å². The van der Waals surface area contributed by atoms with Gasteiger partial charge < -0.3 is 4.57 Å². The Labute approximate surface area is 116 Å². The number of hydrogen-bond acceptors (Lipinski definition) is 0. The third-order valence-electron chi connectivity index (χ3n) is 4.43. The fourth-order valence-corrected chi connectivity index (χ4v) is 3.48. The molecule has 0 spiro atoms. The Bertz CT molecular complexity index is 551. The second kappa shape index (κ2) is 5.24. The maximum absolute atomic E-state index is 2.51. The molecule has 1 heteroatoms. The topological polar surface area (TPSA) is 4.93 Å². The van der Waals surface area contributed by atoms with Crippen molar-refractivity contribution in [2.75, 3.05) is 0 Å². The van der Waals surface area contributed by atoms with Gasteiger partial charge in [-0.2, -0.15) is 0 Å². The molecule has 0 saturated carbocycles. The van der Waals surface area contributed by atoms with Crippen molar-refractivity contribution < 1.29 is 0 Å². The van der Waals surface area contributed by atoms with Crippen molar-refractivity contribution in [2.45, 2.75) is 52.0 Å². The van der Waals surface area contributed by atoms with Crippen molar-refractivity contribution in [1.82, 2.24) is 4.57 Å². The van der Waals surface area contributed by atoms with Gasteiger partial charge in [0.05, 0.1) is 0 Å². The predicted octanol–water partition coefficient (Wildman–Crippen LogP) is 4.54. The zero-order valence-corrected chi connectivity index (χ0v) is 12.0. The number of nitrogens with zero attached hydrogens (tertiary/aromatic N) is 1. The third-order valence-corrected chi connectivity index (χ3v) is 4.43. The van der Waals surface area contributed by atoms with E-state index in [-0.39, 0.29) is 0 Å². The van der Waals surface area contributed by atoms with Gasteiger partial charge in [0.25, 0.3) is 0 Å². The van der Waals surface area contributed by atoms with E-state index in [9.17, 15) is 0 Å². The van der Waals surface area contributed by atoms with Crippen LogP contribution in [0.15, 0.2) is 36.5 Å². The quantitative estimate of drug-likeness (QED) is 0.757. The van der Waals surface area contributed by atoms with E-state index in [1.165, 1.54) is 24.8 Å². The molecule has 1 atom stereocenters. The van der Waals surface area contributed by atoms with Crippen LogP contribution in [0.3, 0.4) is 0 Å². The Morgan fingerprint density at radius 1 is 1.21 bits per heavy atom. The summed E-state index contributed by atoms with van der Waals surface area (Å²) in [7, 11) is 0. The fraction of sp³-hybridized carbons (Fsp3) is 0.444. The van der Waals surface area contributed by atoms with Crippen molar-refractivity contribution >= 4 is 0 Å². The Morgan fingerprint density at radius 2 is 2.00 bits per heavy atom. The molecule has 1 aliphatic rings. The van der Waals surface area contributed by atoms with Crippen molar-refractivity contribution in [3.05, 3.63) is 58.9 Å². The maximum atomic E-state index is 2.51. The molecule has 2 aromatic rings. The fourth-order valence-electron chi connectivity index (χ4n) is 3.48. The van der Waals surface area contributed by atoms with Crippen molar-refractivity contribution in [2.24, 2.45) is 0 Å². The molecule has 19 heavy (non-hydrogen) atoms. The molecule has 0 aliphatic heterocycles. The number of aryl methyl sites for hydroxylation is 1. The van der Waals surface area contributed by atoms with Crippen LogP contribution in [-0.4, -0.2) is 4.57 Å². The van der Waals surface area contributed by atoms with Gasteiger partial charge in [-0.1, -0.05) is 44.2 Å². The Kier molecular flexibility index (Phi) is 3.46. The van der Waals surface area contributed by atoms with Crippen LogP contribution in [0.1, 0.15) is 55.0 Å². The Hall–Kier alpha value is -1.50. The summed E-state index contributed by atoms with van der Waals surface area (Å²) in [5.41, 5.74) is 6.22. The first-order valence-corrected chi connectivity index (χ1v) is 7.54. The summed E-state index contributed by atoms with van der Waals surface area (Å²) in [6.07, 6.45) is 7.55. The van der Waals surface area contributed by atoms with Crippen LogP contribution in [0.25, 0.3) is 0 Å². The summed E-state index contributed by atoms with van der Waals surface area (Å²) >= 11 is 0. The average Bonchev–Trinajstić information content (AvgIpc) is 2.79. The molecule has 0 amide bonds. The molecule has 1 aromatic heterocycles. The second-order valence-corrected chi connectivity index (χ2v) is 5.78. The summed E-state index contributed by atoms with van der Waals surface area (Å²) < 4.78 is 2.51. The van der Waals surface area contributed by atoms with Gasteiger partial charge in [-0.25, -0.2) is 0 Å². The lowest BCUT2D eigenvalue weighted by molar-refractivity contribution is 0.547. The van der Waals surface area contributed by atoms with Gasteiger partial charge in [-0.05, 0) is 48.3 Å². The Morgan fingerprint density at radius 3 is 2.74 bits per heavy atom.